The topological polar surface area (TPSA) is 64.2 Å². The summed E-state index contributed by atoms with van der Waals surface area (Å²) >= 11 is 0. The summed E-state index contributed by atoms with van der Waals surface area (Å²) in [7, 11) is 0. The van der Waals surface area contributed by atoms with Gasteiger partial charge in [-0.3, -0.25) is 0 Å². The number of phenols is 1. The van der Waals surface area contributed by atoms with E-state index >= 15 is 0 Å². The zero-order valence-electron chi connectivity index (χ0n) is 8.57. The summed E-state index contributed by atoms with van der Waals surface area (Å²) in [6.45, 7) is 1.74. The van der Waals surface area contributed by atoms with Crippen LogP contribution >= 0.6 is 0 Å². The Morgan fingerprint density at radius 2 is 1.80 bits per heavy atom. The Labute approximate surface area is 88.6 Å². The molecule has 2 N–H and O–H groups in total. The van der Waals surface area contributed by atoms with Gasteiger partial charge in [-0.15, -0.1) is 0 Å². The van der Waals surface area contributed by atoms with E-state index in [0.29, 0.717) is 12.8 Å². The van der Waals surface area contributed by atoms with E-state index in [4.69, 9.17) is 10.4 Å². The van der Waals surface area contributed by atoms with E-state index in [1.807, 2.05) is 0 Å². The van der Waals surface area contributed by atoms with E-state index in [2.05, 4.69) is 6.07 Å². The number of hydrogen-bond acceptors (Lipinski definition) is 3. The second kappa shape index (κ2) is 2.98. The molecule has 0 amide bonds. The Hall–Kier alpha value is -1.53. The zero-order valence-corrected chi connectivity index (χ0v) is 8.57. The molecular formula is C12H13NO2. The molecule has 0 heterocycles. The molecule has 0 bridgehead atoms. The van der Waals surface area contributed by atoms with Crippen molar-refractivity contribution in [3.8, 4) is 11.8 Å². The Morgan fingerprint density at radius 3 is 2.20 bits per heavy atom. The number of aromatic hydroxyl groups is 1. The van der Waals surface area contributed by atoms with Gasteiger partial charge in [0.1, 0.15) is 5.75 Å². The van der Waals surface area contributed by atoms with Crippen LogP contribution in [0.1, 0.15) is 25.3 Å². The monoisotopic (exact) mass is 203 g/mol. The van der Waals surface area contributed by atoms with Crippen molar-refractivity contribution in [1.82, 2.24) is 0 Å². The van der Waals surface area contributed by atoms with Crippen LogP contribution in [0.25, 0.3) is 0 Å². The van der Waals surface area contributed by atoms with Crippen LogP contribution in [0.15, 0.2) is 24.3 Å². The van der Waals surface area contributed by atoms with Crippen molar-refractivity contribution in [2.24, 2.45) is 0 Å². The van der Waals surface area contributed by atoms with Gasteiger partial charge >= 0.3 is 0 Å². The molecule has 3 nitrogen and oxygen atoms in total. The van der Waals surface area contributed by atoms with Crippen LogP contribution < -0.4 is 0 Å². The van der Waals surface area contributed by atoms with Crippen molar-refractivity contribution in [1.29, 1.82) is 5.26 Å². The third kappa shape index (κ3) is 1.57. The van der Waals surface area contributed by atoms with Crippen molar-refractivity contribution in [3.05, 3.63) is 29.8 Å². The summed E-state index contributed by atoms with van der Waals surface area (Å²) < 4.78 is 0. The van der Waals surface area contributed by atoms with E-state index < -0.39 is 11.0 Å². The minimum atomic E-state index is -0.729. The molecule has 15 heavy (non-hydrogen) atoms. The number of rotatable bonds is 1. The molecule has 1 aromatic rings. The van der Waals surface area contributed by atoms with Crippen molar-refractivity contribution in [3.63, 3.8) is 0 Å². The van der Waals surface area contributed by atoms with Crippen molar-refractivity contribution in [2.75, 3.05) is 0 Å². The number of benzene rings is 1. The second-order valence-electron chi connectivity index (χ2n) is 4.59. The van der Waals surface area contributed by atoms with E-state index in [1.165, 1.54) is 0 Å². The quantitative estimate of drug-likeness (QED) is 0.730. The van der Waals surface area contributed by atoms with Gasteiger partial charge in [-0.25, -0.2) is 0 Å². The van der Waals surface area contributed by atoms with Gasteiger partial charge in [0.25, 0.3) is 0 Å². The molecule has 1 aliphatic carbocycles. The van der Waals surface area contributed by atoms with Crippen LogP contribution in [-0.4, -0.2) is 15.8 Å². The van der Waals surface area contributed by atoms with Crippen LogP contribution in [0.5, 0.6) is 5.75 Å². The number of nitrogens with zero attached hydrogens (tertiary/aromatic N) is 1. The Bertz CT molecular complexity index is 406. The maximum atomic E-state index is 9.70. The molecule has 2 rings (SSSR count). The average molecular weight is 203 g/mol. The lowest BCUT2D eigenvalue weighted by molar-refractivity contribution is -0.0556. The van der Waals surface area contributed by atoms with Crippen molar-refractivity contribution in [2.45, 2.75) is 30.8 Å². The molecular weight excluding hydrogens is 190 g/mol. The summed E-state index contributed by atoms with van der Waals surface area (Å²) in [6.07, 6.45) is 0.919. The maximum Gasteiger partial charge on any atom is 0.115 e. The van der Waals surface area contributed by atoms with Gasteiger partial charge in [-0.2, -0.15) is 5.26 Å². The number of hydrogen-bond donors (Lipinski definition) is 2. The first-order valence-electron chi connectivity index (χ1n) is 4.91. The van der Waals surface area contributed by atoms with E-state index in [0.717, 1.165) is 5.56 Å². The van der Waals surface area contributed by atoms with Crippen molar-refractivity contribution >= 4 is 0 Å². The van der Waals surface area contributed by atoms with Crippen LogP contribution in [0, 0.1) is 11.3 Å². The molecule has 1 aromatic carbocycles. The zero-order chi connectivity index (χ0) is 11.1. The van der Waals surface area contributed by atoms with Crippen molar-refractivity contribution < 1.29 is 10.2 Å². The summed E-state index contributed by atoms with van der Waals surface area (Å²) in [5.41, 5.74) is -0.431. The third-order valence-electron chi connectivity index (χ3n) is 3.00. The maximum absolute atomic E-state index is 9.70. The molecule has 1 fully saturated rings. The second-order valence-corrected chi connectivity index (χ2v) is 4.59. The number of phenolic OH excluding ortho intramolecular Hbond substituents is 1. The summed E-state index contributed by atoms with van der Waals surface area (Å²) in [4.78, 5) is 0. The highest BCUT2D eigenvalue weighted by Crippen LogP contribution is 2.49. The molecule has 1 aliphatic rings. The molecule has 78 valence electrons. The molecule has 3 heteroatoms. The standard InChI is InChI=1S/C12H13NO2/c1-11(15)6-12(7-11,8-13)9-2-4-10(14)5-3-9/h2-5,14-15H,6-7H2,1H3. The van der Waals surface area contributed by atoms with Gasteiger partial charge in [-0.05, 0) is 37.5 Å². The largest absolute Gasteiger partial charge is 0.508 e. The normalized spacial score (nSPS) is 34.2. The summed E-state index contributed by atoms with van der Waals surface area (Å²) in [5, 5.41) is 28.0. The highest BCUT2D eigenvalue weighted by molar-refractivity contribution is 5.40. The predicted molar refractivity (Wildman–Crippen MR) is 55.3 cm³/mol. The van der Waals surface area contributed by atoms with E-state index in [9.17, 15) is 5.11 Å². The average Bonchev–Trinajstić information content (AvgIpc) is 2.14. The van der Waals surface area contributed by atoms with Crippen LogP contribution in [0.2, 0.25) is 0 Å². The number of aliphatic hydroxyl groups is 1. The highest BCUT2D eigenvalue weighted by Gasteiger charge is 2.52. The molecule has 0 radical (unpaired) electrons. The molecule has 0 spiro atoms. The lowest BCUT2D eigenvalue weighted by Gasteiger charge is -2.47. The fraction of sp³-hybridized carbons (Fsp3) is 0.417. The van der Waals surface area contributed by atoms with Crippen LogP contribution in [0.4, 0.5) is 0 Å². The van der Waals surface area contributed by atoms with Gasteiger partial charge < -0.3 is 10.2 Å². The van der Waals surface area contributed by atoms with Crippen LogP contribution in [-0.2, 0) is 5.41 Å². The third-order valence-corrected chi connectivity index (χ3v) is 3.00. The minimum Gasteiger partial charge on any atom is -0.508 e. The Morgan fingerprint density at radius 1 is 1.27 bits per heavy atom. The summed E-state index contributed by atoms with van der Waals surface area (Å²) in [5.74, 6) is 0.193. The molecule has 0 unspecified atom stereocenters. The Kier molecular flexibility index (Phi) is 1.99. The van der Waals surface area contributed by atoms with Gasteiger partial charge in [0.15, 0.2) is 0 Å². The lowest BCUT2D eigenvalue weighted by Crippen LogP contribution is -2.51. The molecule has 0 atom stereocenters. The first-order chi connectivity index (χ1) is 6.97. The van der Waals surface area contributed by atoms with Gasteiger partial charge in [0.05, 0.1) is 17.1 Å². The van der Waals surface area contributed by atoms with Gasteiger partial charge in [-0.1, -0.05) is 12.1 Å². The molecule has 0 aromatic heterocycles. The van der Waals surface area contributed by atoms with E-state index in [1.54, 1.807) is 31.2 Å². The smallest absolute Gasteiger partial charge is 0.115 e. The SMILES string of the molecule is CC1(O)CC(C#N)(c2ccc(O)cc2)C1. The molecule has 1 saturated carbocycles. The van der Waals surface area contributed by atoms with Gasteiger partial charge in [0, 0.05) is 0 Å². The fourth-order valence-corrected chi connectivity index (χ4v) is 2.38. The minimum absolute atomic E-state index is 0.193. The highest BCUT2D eigenvalue weighted by atomic mass is 16.3. The number of nitriles is 1. The first-order valence-corrected chi connectivity index (χ1v) is 4.91. The fourth-order valence-electron chi connectivity index (χ4n) is 2.38. The Balaban J connectivity index is 2.31. The predicted octanol–water partition coefficient (Wildman–Crippen LogP) is 1.70. The summed E-state index contributed by atoms with van der Waals surface area (Å²) in [6, 6.07) is 8.89. The lowest BCUT2D eigenvalue weighted by atomic mass is 9.57. The van der Waals surface area contributed by atoms with Crippen LogP contribution in [0.3, 0.4) is 0 Å². The first kappa shape index (κ1) is 10.0. The van der Waals surface area contributed by atoms with E-state index in [-0.39, 0.29) is 5.75 Å². The molecule has 0 aliphatic heterocycles. The molecule has 0 saturated heterocycles. The van der Waals surface area contributed by atoms with Gasteiger partial charge in [0.2, 0.25) is 0 Å².